The topological polar surface area (TPSA) is 57.5 Å². The van der Waals surface area contributed by atoms with Crippen molar-refractivity contribution in [2.45, 2.75) is 119 Å². The molecule has 0 saturated heterocycles. The van der Waals surface area contributed by atoms with Crippen molar-refractivity contribution < 1.29 is 182 Å². The smallest absolute Gasteiger partial charge is 0.460 e. The number of aliphatic hydroxyl groups is 1. The number of halogens is 37. The number of carboxylic acids is 1. The molecule has 0 aromatic heterocycles. The number of aliphatic carboxylic acids is 1. The van der Waals surface area contributed by atoms with Gasteiger partial charge >= 0.3 is 113 Å². The Hall–Kier alpha value is -3.20. The number of rotatable bonds is 22. The number of nitrogens with zero attached hydrogens (tertiary/aromatic N) is 1. The summed E-state index contributed by atoms with van der Waals surface area (Å²) >= 11 is 0. The summed E-state index contributed by atoms with van der Waals surface area (Å²) in [7, 11) is 1.08. The number of alkyl halides is 37. The van der Waals surface area contributed by atoms with Crippen molar-refractivity contribution in [3.63, 3.8) is 0 Å². The fourth-order valence-corrected chi connectivity index (χ4v) is 4.66. The van der Waals surface area contributed by atoms with E-state index < -0.39 is 143 Å². The molecule has 0 aromatic carbocycles. The van der Waals surface area contributed by atoms with Crippen molar-refractivity contribution in [1.82, 2.24) is 0 Å². The summed E-state index contributed by atoms with van der Waals surface area (Å²) in [5, 5.41) is 18.1. The zero-order valence-electron chi connectivity index (χ0n) is 29.9. The number of carbonyl (C=O) groups is 1. The number of aliphatic hydroxyl groups excluding tert-OH is 1. The summed E-state index contributed by atoms with van der Waals surface area (Å²) in [6, 6.07) is 0. The Bertz CT molecular complexity index is 1760. The number of hydrogen-bond acceptors (Lipinski definition) is 2. The molecule has 0 bridgehead atoms. The van der Waals surface area contributed by atoms with E-state index in [1.165, 1.54) is 0 Å². The van der Waals surface area contributed by atoms with Gasteiger partial charge in [-0.05, 0) is 0 Å². The lowest BCUT2D eigenvalue weighted by atomic mass is 9.82. The minimum absolute atomic E-state index is 0.539. The van der Waals surface area contributed by atoms with Gasteiger partial charge in [-0.15, -0.1) is 0 Å². The molecule has 0 radical (unpaired) electrons. The molecule has 1 atom stereocenters. The highest BCUT2D eigenvalue weighted by molar-refractivity contribution is 5.67. The molecule has 0 aliphatic heterocycles. The van der Waals surface area contributed by atoms with Crippen molar-refractivity contribution in [1.29, 1.82) is 0 Å². The molecule has 0 aromatic rings. The standard InChI is InChI=1S/C25H14F37NO3/c1-63(2,5-7(65)66)4-6(64)3-8(26,27)9(28,29)10(30,31)11(32,33)12(34,35)13(36,37)14(38,39)15(40,41)16(42,43)17(44,45)18(46,47)19(48,49)20(50,51)21(52,53)22(54,55)23(56,57)24(58,59)25(60,61)62/h6,64H,3-5H2,1-2H3/p+1. The lowest BCUT2D eigenvalue weighted by Gasteiger charge is -2.47. The lowest BCUT2D eigenvalue weighted by Crippen LogP contribution is -2.80. The van der Waals surface area contributed by atoms with Crippen LogP contribution in [0.2, 0.25) is 0 Å². The number of hydrogen-bond donors (Lipinski definition) is 2. The average Bonchev–Trinajstić information content (AvgIpc) is 3.04. The first-order valence-electron chi connectivity index (χ1n) is 15.0. The maximum Gasteiger partial charge on any atom is 0.460 e. The second-order valence-corrected chi connectivity index (χ2v) is 13.9. The Morgan fingerprint density at radius 3 is 0.682 bits per heavy atom. The molecule has 0 aliphatic rings. The molecule has 396 valence electrons. The van der Waals surface area contributed by atoms with E-state index in [4.69, 9.17) is 5.11 Å². The molecule has 2 N–H and O–H groups in total. The summed E-state index contributed by atoms with van der Waals surface area (Å²) in [6.45, 7) is -3.11. The third kappa shape index (κ3) is 8.01. The van der Waals surface area contributed by atoms with Gasteiger partial charge < -0.3 is 14.7 Å². The molecular formula is C25H15F37NO3+. The first kappa shape index (κ1) is 62.8. The van der Waals surface area contributed by atoms with Crippen molar-refractivity contribution in [3.8, 4) is 0 Å². The highest BCUT2D eigenvalue weighted by Crippen LogP contribution is 2.70. The van der Waals surface area contributed by atoms with Crippen LogP contribution in [-0.2, 0) is 4.79 Å². The van der Waals surface area contributed by atoms with Gasteiger partial charge in [-0.3, -0.25) is 0 Å². The van der Waals surface area contributed by atoms with Crippen molar-refractivity contribution >= 4 is 5.97 Å². The van der Waals surface area contributed by atoms with Crippen molar-refractivity contribution in [3.05, 3.63) is 0 Å². The zero-order valence-corrected chi connectivity index (χ0v) is 29.9. The van der Waals surface area contributed by atoms with Gasteiger partial charge in [0.25, 0.3) is 0 Å². The SMILES string of the molecule is C[N+](C)(CC(=O)O)CC(O)CC(F)(F)C(F)(F)C(F)(F)C(F)(F)C(F)(F)C(F)(F)C(F)(F)C(F)(F)C(F)(F)C(F)(F)C(F)(F)C(F)(F)C(F)(F)C(F)(F)C(F)(F)C(F)(F)C(F)(F)C(F)(F)F. The first-order valence-corrected chi connectivity index (χ1v) is 15.0. The quantitative estimate of drug-likeness (QED) is 0.0839. The van der Waals surface area contributed by atoms with E-state index in [1.807, 2.05) is 0 Å². The molecule has 0 saturated carbocycles. The van der Waals surface area contributed by atoms with Crippen LogP contribution in [0, 0.1) is 0 Å². The van der Waals surface area contributed by atoms with Crippen LogP contribution in [0.25, 0.3) is 0 Å². The maximum atomic E-state index is 14.2. The van der Waals surface area contributed by atoms with Crippen LogP contribution in [0.3, 0.4) is 0 Å². The Morgan fingerprint density at radius 2 is 0.515 bits per heavy atom. The van der Waals surface area contributed by atoms with Gasteiger partial charge in [0, 0.05) is 6.42 Å². The van der Waals surface area contributed by atoms with Gasteiger partial charge in [0.05, 0.1) is 14.1 Å². The van der Waals surface area contributed by atoms with E-state index in [9.17, 15) is 172 Å². The minimum Gasteiger partial charge on any atom is -0.477 e. The Kier molecular flexibility index (Phi) is 15.1. The summed E-state index contributed by atoms with van der Waals surface area (Å²) in [5.41, 5.74) is 0. The molecule has 0 rings (SSSR count). The van der Waals surface area contributed by atoms with Crippen LogP contribution in [0.15, 0.2) is 0 Å². The minimum atomic E-state index is -10.5. The molecule has 0 aliphatic carbocycles. The van der Waals surface area contributed by atoms with Crippen molar-refractivity contribution in [2.75, 3.05) is 27.2 Å². The van der Waals surface area contributed by atoms with E-state index in [-0.39, 0.29) is 0 Å². The Labute approximate surface area is 335 Å². The third-order valence-electron chi connectivity index (χ3n) is 8.49. The number of quaternary nitrogens is 1. The Balaban J connectivity index is 7.74. The van der Waals surface area contributed by atoms with Gasteiger partial charge in [-0.2, -0.15) is 162 Å². The molecule has 1 unspecified atom stereocenters. The normalized spacial score (nSPS) is 17.3. The summed E-state index contributed by atoms with van der Waals surface area (Å²) in [4.78, 5) is 10.7. The highest BCUT2D eigenvalue weighted by atomic mass is 19.4. The van der Waals surface area contributed by atoms with E-state index in [1.54, 1.807) is 0 Å². The third-order valence-corrected chi connectivity index (χ3v) is 8.49. The molecule has 0 fully saturated rings. The van der Waals surface area contributed by atoms with Crippen LogP contribution in [0.5, 0.6) is 0 Å². The number of carboxylic acid groups (broad SMARTS) is 1. The molecule has 4 nitrogen and oxygen atoms in total. The van der Waals surface area contributed by atoms with Crippen LogP contribution in [0.1, 0.15) is 6.42 Å². The van der Waals surface area contributed by atoms with Gasteiger partial charge in [0.2, 0.25) is 0 Å². The predicted molar refractivity (Wildman–Crippen MR) is 130 cm³/mol. The molecule has 0 heterocycles. The second kappa shape index (κ2) is 15.9. The molecular weight excluding hydrogens is 1070 g/mol. The molecule has 0 amide bonds. The van der Waals surface area contributed by atoms with E-state index >= 15 is 0 Å². The van der Waals surface area contributed by atoms with Crippen LogP contribution >= 0.6 is 0 Å². The maximum absolute atomic E-state index is 14.2. The second-order valence-electron chi connectivity index (χ2n) is 13.9. The van der Waals surface area contributed by atoms with Crippen LogP contribution < -0.4 is 0 Å². The predicted octanol–water partition coefficient (Wildman–Crippen LogP) is 11.3. The van der Waals surface area contributed by atoms with Crippen molar-refractivity contribution in [2.24, 2.45) is 0 Å². The molecule has 41 heteroatoms. The van der Waals surface area contributed by atoms with Gasteiger partial charge in [0.15, 0.2) is 6.54 Å². The monoisotopic (exact) mass is 1080 g/mol. The van der Waals surface area contributed by atoms with E-state index in [0.29, 0.717) is 14.1 Å². The fourth-order valence-electron chi connectivity index (χ4n) is 4.66. The lowest BCUT2D eigenvalue weighted by molar-refractivity contribution is -0.886. The zero-order chi connectivity index (χ0) is 54.8. The van der Waals surface area contributed by atoms with Gasteiger partial charge in [-0.1, -0.05) is 0 Å². The summed E-state index contributed by atoms with van der Waals surface area (Å²) in [6.07, 6.45) is -15.5. The van der Waals surface area contributed by atoms with Gasteiger partial charge in [0.1, 0.15) is 12.6 Å². The average molecular weight is 1080 g/mol. The first-order chi connectivity index (χ1) is 27.8. The summed E-state index contributed by atoms with van der Waals surface area (Å²) < 4.78 is 508. The Morgan fingerprint density at radius 1 is 0.348 bits per heavy atom. The van der Waals surface area contributed by atoms with Crippen LogP contribution in [0.4, 0.5) is 162 Å². The summed E-state index contributed by atoms with van der Waals surface area (Å²) in [5.74, 6) is -169. The molecule has 66 heavy (non-hydrogen) atoms. The van der Waals surface area contributed by atoms with Crippen LogP contribution in [-0.4, -0.2) is 161 Å². The number of likely N-dealkylation sites (N-methyl/N-ethyl adjacent to an activating group) is 1. The largest absolute Gasteiger partial charge is 0.477 e. The van der Waals surface area contributed by atoms with Gasteiger partial charge in [-0.25, -0.2) is 4.79 Å². The van der Waals surface area contributed by atoms with E-state index in [0.717, 1.165) is 0 Å². The highest BCUT2D eigenvalue weighted by Gasteiger charge is 3.02. The molecule has 0 spiro atoms. The fraction of sp³-hybridized carbons (Fsp3) is 0.960. The van der Waals surface area contributed by atoms with E-state index in [2.05, 4.69) is 0 Å².